The first-order valence-electron chi connectivity index (χ1n) is 15.4. The molecule has 0 radical (unpaired) electrons. The van der Waals surface area contributed by atoms with Crippen LogP contribution >= 0.6 is 0 Å². The third-order valence-corrected chi connectivity index (χ3v) is 8.61. The van der Waals surface area contributed by atoms with Gasteiger partial charge in [0.25, 0.3) is 0 Å². The van der Waals surface area contributed by atoms with E-state index in [9.17, 15) is 0 Å². The first kappa shape index (κ1) is 26.1. The summed E-state index contributed by atoms with van der Waals surface area (Å²) in [6.07, 6.45) is 2.06. The molecule has 3 aromatic heterocycles. The van der Waals surface area contributed by atoms with Gasteiger partial charge in [-0.1, -0.05) is 127 Å². The Kier molecular flexibility index (Phi) is 6.06. The van der Waals surface area contributed by atoms with Gasteiger partial charge in [0.15, 0.2) is 11.6 Å². The molecule has 0 saturated carbocycles. The van der Waals surface area contributed by atoms with Crippen LogP contribution in [-0.4, -0.2) is 24.1 Å². The molecule has 0 saturated heterocycles. The smallest absolute Gasteiger partial charge is 0.238 e. The van der Waals surface area contributed by atoms with Crippen molar-refractivity contribution in [2.45, 2.75) is 0 Å². The molecule has 0 spiro atoms. The molecule has 0 amide bonds. The van der Waals surface area contributed by atoms with Crippen LogP contribution in [0, 0.1) is 0 Å². The number of fused-ring (bicyclic) bond motifs is 4. The van der Waals surface area contributed by atoms with E-state index in [4.69, 9.17) is 15.0 Å². The molecular formula is C41H27N5. The third kappa shape index (κ3) is 4.29. The fourth-order valence-electron chi connectivity index (χ4n) is 6.51. The first-order valence-corrected chi connectivity index (χ1v) is 15.4. The summed E-state index contributed by atoms with van der Waals surface area (Å²) in [4.78, 5) is 14.9. The molecule has 6 aromatic carbocycles. The molecule has 0 aliphatic rings. The molecule has 0 fully saturated rings. The van der Waals surface area contributed by atoms with Crippen LogP contribution in [0.15, 0.2) is 164 Å². The zero-order valence-electron chi connectivity index (χ0n) is 24.8. The minimum atomic E-state index is 0.578. The van der Waals surface area contributed by atoms with Crippen molar-refractivity contribution in [3.05, 3.63) is 164 Å². The predicted octanol–water partition coefficient (Wildman–Crippen LogP) is 9.91. The second-order valence-electron chi connectivity index (χ2n) is 11.4. The summed E-state index contributed by atoms with van der Waals surface area (Å²) in [5.74, 6) is 1.85. The predicted molar refractivity (Wildman–Crippen MR) is 187 cm³/mol. The molecule has 46 heavy (non-hydrogen) atoms. The lowest BCUT2D eigenvalue weighted by atomic mass is 10.0. The van der Waals surface area contributed by atoms with Gasteiger partial charge in [-0.15, -0.1) is 0 Å². The highest BCUT2D eigenvalue weighted by molar-refractivity contribution is 6.09. The molecule has 0 N–H and O–H groups in total. The summed E-state index contributed by atoms with van der Waals surface area (Å²) in [5.41, 5.74) is 8.65. The Morgan fingerprint density at radius 2 is 1.00 bits per heavy atom. The van der Waals surface area contributed by atoms with Crippen LogP contribution in [0.3, 0.4) is 0 Å². The molecule has 5 nitrogen and oxygen atoms in total. The molecule has 5 heteroatoms. The minimum absolute atomic E-state index is 0.578. The van der Waals surface area contributed by atoms with Gasteiger partial charge < -0.3 is 4.57 Å². The molecular weight excluding hydrogens is 562 g/mol. The highest BCUT2D eigenvalue weighted by atomic mass is 15.2. The fraction of sp³-hybridized carbons (Fsp3) is 0. The van der Waals surface area contributed by atoms with Crippen LogP contribution in [0.2, 0.25) is 0 Å². The first-order chi connectivity index (χ1) is 22.8. The zero-order chi connectivity index (χ0) is 30.5. The van der Waals surface area contributed by atoms with Crippen molar-refractivity contribution in [1.29, 1.82) is 0 Å². The van der Waals surface area contributed by atoms with Gasteiger partial charge in [0.2, 0.25) is 5.95 Å². The number of para-hydroxylation sites is 3. The summed E-state index contributed by atoms with van der Waals surface area (Å²) in [6.45, 7) is 0. The Hall–Kier alpha value is -6.33. The average molecular weight is 590 g/mol. The average Bonchev–Trinajstić information content (AvgIpc) is 3.72. The van der Waals surface area contributed by atoms with Crippen molar-refractivity contribution in [1.82, 2.24) is 24.1 Å². The van der Waals surface area contributed by atoms with Crippen LogP contribution in [0.25, 0.3) is 78.2 Å². The largest absolute Gasteiger partial charge is 0.309 e. The van der Waals surface area contributed by atoms with Crippen molar-refractivity contribution >= 4 is 32.7 Å². The highest BCUT2D eigenvalue weighted by Gasteiger charge is 2.17. The summed E-state index contributed by atoms with van der Waals surface area (Å²) < 4.78 is 4.45. The van der Waals surface area contributed by atoms with Crippen molar-refractivity contribution in [2.24, 2.45) is 0 Å². The lowest BCUT2D eigenvalue weighted by Gasteiger charge is -2.13. The number of aromatic nitrogens is 5. The van der Waals surface area contributed by atoms with E-state index >= 15 is 0 Å². The van der Waals surface area contributed by atoms with Crippen molar-refractivity contribution in [3.8, 4) is 45.5 Å². The number of rotatable bonds is 5. The Balaban J connectivity index is 1.25. The normalized spacial score (nSPS) is 11.5. The Morgan fingerprint density at radius 3 is 1.65 bits per heavy atom. The second-order valence-corrected chi connectivity index (χ2v) is 11.4. The molecule has 9 aromatic rings. The fourth-order valence-corrected chi connectivity index (χ4v) is 6.51. The topological polar surface area (TPSA) is 48.5 Å². The maximum absolute atomic E-state index is 5.02. The van der Waals surface area contributed by atoms with E-state index in [2.05, 4.69) is 112 Å². The number of hydrogen-bond donors (Lipinski definition) is 0. The summed E-state index contributed by atoms with van der Waals surface area (Å²) in [5, 5.41) is 3.61. The molecule has 3 heterocycles. The molecule has 0 bridgehead atoms. The summed E-state index contributed by atoms with van der Waals surface area (Å²) in [7, 11) is 0. The van der Waals surface area contributed by atoms with Gasteiger partial charge in [0.1, 0.15) is 0 Å². The van der Waals surface area contributed by atoms with E-state index in [1.165, 1.54) is 21.8 Å². The summed E-state index contributed by atoms with van der Waals surface area (Å²) >= 11 is 0. The lowest BCUT2D eigenvalue weighted by Crippen LogP contribution is -2.06. The Bertz CT molecular complexity index is 2420. The van der Waals surface area contributed by atoms with Gasteiger partial charge >= 0.3 is 0 Å². The third-order valence-electron chi connectivity index (χ3n) is 8.61. The number of nitrogens with zero attached hydrogens (tertiary/aromatic N) is 5. The molecule has 0 aliphatic heterocycles. The van der Waals surface area contributed by atoms with E-state index in [1.54, 1.807) is 0 Å². The molecule has 9 rings (SSSR count). The van der Waals surface area contributed by atoms with Crippen LogP contribution in [0.4, 0.5) is 0 Å². The van der Waals surface area contributed by atoms with Crippen molar-refractivity contribution in [2.75, 3.05) is 0 Å². The van der Waals surface area contributed by atoms with E-state index in [0.717, 1.165) is 38.8 Å². The number of benzene rings is 6. The molecule has 0 unspecified atom stereocenters. The standard InChI is InChI=1S/C41H27N5/c1-3-13-29(14-4-1)39-42-40(30-15-5-2-6-16-30)44-41(43-39)45-26-25-28-17-12-22-33(38(28)45)31-18-11-19-32(27-31)46-36-23-9-7-20-34(36)35-21-8-10-24-37(35)46/h1-27H. The zero-order valence-corrected chi connectivity index (χ0v) is 24.8. The van der Waals surface area contributed by atoms with E-state index in [0.29, 0.717) is 17.6 Å². The van der Waals surface area contributed by atoms with Gasteiger partial charge in [-0.05, 0) is 35.9 Å². The monoisotopic (exact) mass is 589 g/mol. The second kappa shape index (κ2) is 10.7. The minimum Gasteiger partial charge on any atom is -0.309 e. The van der Waals surface area contributed by atoms with E-state index in [1.807, 2.05) is 60.7 Å². The van der Waals surface area contributed by atoms with Gasteiger partial charge in [-0.3, -0.25) is 4.57 Å². The Morgan fingerprint density at radius 1 is 0.435 bits per heavy atom. The maximum Gasteiger partial charge on any atom is 0.238 e. The van der Waals surface area contributed by atoms with Crippen molar-refractivity contribution in [3.63, 3.8) is 0 Å². The Labute approximate surface area is 265 Å². The molecule has 0 aliphatic carbocycles. The van der Waals surface area contributed by atoms with Gasteiger partial charge in [-0.2, -0.15) is 9.97 Å². The van der Waals surface area contributed by atoms with Crippen molar-refractivity contribution < 1.29 is 0 Å². The van der Waals surface area contributed by atoms with E-state index in [-0.39, 0.29) is 0 Å². The highest BCUT2D eigenvalue weighted by Crippen LogP contribution is 2.36. The number of hydrogen-bond acceptors (Lipinski definition) is 3. The van der Waals surface area contributed by atoms with Crippen LogP contribution in [0.1, 0.15) is 0 Å². The summed E-state index contributed by atoms with van der Waals surface area (Å²) in [6, 6.07) is 54.8. The molecule has 0 atom stereocenters. The lowest BCUT2D eigenvalue weighted by molar-refractivity contribution is 0.934. The SMILES string of the molecule is c1ccc(-c2nc(-c3ccccc3)nc(-n3ccc4cccc(-c5cccc(-n6c7ccccc7c7ccccc76)c5)c43)n2)cc1. The van der Waals surface area contributed by atoms with E-state index < -0.39 is 0 Å². The quantitative estimate of drug-likeness (QED) is 0.201. The van der Waals surface area contributed by atoms with Crippen LogP contribution < -0.4 is 0 Å². The van der Waals surface area contributed by atoms with Gasteiger partial charge in [-0.25, -0.2) is 4.98 Å². The van der Waals surface area contributed by atoms with Gasteiger partial charge in [0, 0.05) is 44.7 Å². The van der Waals surface area contributed by atoms with Gasteiger partial charge in [0.05, 0.1) is 16.6 Å². The maximum atomic E-state index is 5.02. The van der Waals surface area contributed by atoms with Crippen LogP contribution in [0.5, 0.6) is 0 Å². The molecule has 216 valence electrons. The van der Waals surface area contributed by atoms with Crippen LogP contribution in [-0.2, 0) is 0 Å².